The van der Waals surface area contributed by atoms with Crippen molar-refractivity contribution in [1.29, 1.82) is 0 Å². The molecule has 2 atom stereocenters. The van der Waals surface area contributed by atoms with E-state index in [1.54, 1.807) is 0 Å². The van der Waals surface area contributed by atoms with E-state index in [0.717, 1.165) is 39.1 Å². The number of amides is 1. The quantitative estimate of drug-likeness (QED) is 0.671. The van der Waals surface area contributed by atoms with Crippen LogP contribution in [0.2, 0.25) is 0 Å². The monoisotopic (exact) mass is 267 g/mol. The van der Waals surface area contributed by atoms with E-state index >= 15 is 0 Å². The average Bonchev–Trinajstić information content (AvgIpc) is 3.09. The minimum atomic E-state index is 0.180. The Morgan fingerprint density at radius 2 is 2.21 bits per heavy atom. The highest BCUT2D eigenvalue weighted by Gasteiger charge is 2.31. The second kappa shape index (κ2) is 6.20. The molecule has 0 bridgehead atoms. The van der Waals surface area contributed by atoms with Gasteiger partial charge in [-0.3, -0.25) is 9.69 Å². The smallest absolute Gasteiger partial charge is 0.221 e. The third-order valence-electron chi connectivity index (χ3n) is 4.30. The van der Waals surface area contributed by atoms with Crippen LogP contribution < -0.4 is 10.6 Å². The first-order chi connectivity index (χ1) is 9.31. The average molecular weight is 267 g/mol. The van der Waals surface area contributed by atoms with Crippen molar-refractivity contribution in [3.8, 4) is 0 Å². The van der Waals surface area contributed by atoms with Gasteiger partial charge in [-0.15, -0.1) is 0 Å². The van der Waals surface area contributed by atoms with Crippen molar-refractivity contribution in [2.24, 2.45) is 0 Å². The lowest BCUT2D eigenvalue weighted by Gasteiger charge is -2.35. The Kier molecular flexibility index (Phi) is 4.35. The van der Waals surface area contributed by atoms with Gasteiger partial charge in [0, 0.05) is 38.1 Å². The summed E-state index contributed by atoms with van der Waals surface area (Å²) in [7, 11) is 0. The Morgan fingerprint density at radius 3 is 3.05 bits per heavy atom. The van der Waals surface area contributed by atoms with Gasteiger partial charge in [-0.25, -0.2) is 0 Å². The van der Waals surface area contributed by atoms with Crippen molar-refractivity contribution in [2.45, 2.75) is 50.3 Å². The van der Waals surface area contributed by atoms with Gasteiger partial charge in [-0.05, 0) is 32.2 Å². The first-order valence-electron chi connectivity index (χ1n) is 7.67. The molecule has 0 aromatic rings. The molecule has 0 aromatic carbocycles. The highest BCUT2D eigenvalue weighted by atomic mass is 16.5. The molecule has 2 aliphatic heterocycles. The summed E-state index contributed by atoms with van der Waals surface area (Å²) in [6.45, 7) is 4.77. The predicted molar refractivity (Wildman–Crippen MR) is 73.0 cm³/mol. The fourth-order valence-corrected chi connectivity index (χ4v) is 3.00. The SMILES string of the molecule is O=C(CCNCC1CN2CCCC2CO1)NC1CC1. The van der Waals surface area contributed by atoms with Crippen LogP contribution in [0, 0.1) is 0 Å². The summed E-state index contributed by atoms with van der Waals surface area (Å²) in [5.41, 5.74) is 0. The van der Waals surface area contributed by atoms with E-state index in [0.29, 0.717) is 24.6 Å². The zero-order chi connectivity index (χ0) is 13.1. The van der Waals surface area contributed by atoms with Gasteiger partial charge in [0.1, 0.15) is 0 Å². The number of hydrogen-bond acceptors (Lipinski definition) is 4. The lowest BCUT2D eigenvalue weighted by Crippen LogP contribution is -2.49. The Bertz CT molecular complexity index is 320. The molecule has 0 spiro atoms. The Balaban J connectivity index is 1.26. The van der Waals surface area contributed by atoms with Crippen LogP contribution in [0.15, 0.2) is 0 Å². The summed E-state index contributed by atoms with van der Waals surface area (Å²) in [6, 6.07) is 1.14. The number of carbonyl (C=O) groups excluding carboxylic acids is 1. The van der Waals surface area contributed by atoms with Crippen molar-refractivity contribution in [1.82, 2.24) is 15.5 Å². The van der Waals surface area contributed by atoms with Crippen molar-refractivity contribution in [3.05, 3.63) is 0 Å². The first kappa shape index (κ1) is 13.3. The molecule has 19 heavy (non-hydrogen) atoms. The number of carbonyl (C=O) groups is 1. The molecule has 1 amide bonds. The lowest BCUT2D eigenvalue weighted by molar-refractivity contribution is -0.121. The van der Waals surface area contributed by atoms with E-state index in [9.17, 15) is 4.79 Å². The third kappa shape index (κ3) is 3.91. The Hall–Kier alpha value is -0.650. The molecule has 2 unspecified atom stereocenters. The van der Waals surface area contributed by atoms with Crippen molar-refractivity contribution in [2.75, 3.05) is 32.8 Å². The van der Waals surface area contributed by atoms with Gasteiger partial charge < -0.3 is 15.4 Å². The number of morpholine rings is 1. The van der Waals surface area contributed by atoms with Crippen molar-refractivity contribution >= 4 is 5.91 Å². The first-order valence-corrected chi connectivity index (χ1v) is 7.67. The standard InChI is InChI=1S/C14H25N3O2/c18-14(16-11-3-4-11)5-6-15-8-13-9-17-7-1-2-12(17)10-19-13/h11-13,15H,1-10H2,(H,16,18). The van der Waals surface area contributed by atoms with Crippen LogP contribution in [0.5, 0.6) is 0 Å². The highest BCUT2D eigenvalue weighted by Crippen LogP contribution is 2.22. The summed E-state index contributed by atoms with van der Waals surface area (Å²) in [5.74, 6) is 0.180. The van der Waals surface area contributed by atoms with Gasteiger partial charge in [0.15, 0.2) is 0 Å². The van der Waals surface area contributed by atoms with Crippen molar-refractivity contribution < 1.29 is 9.53 Å². The summed E-state index contributed by atoms with van der Waals surface area (Å²) in [6.07, 6.45) is 5.80. The van der Waals surface area contributed by atoms with Crippen LogP contribution in [-0.2, 0) is 9.53 Å². The lowest BCUT2D eigenvalue weighted by atomic mass is 10.2. The van der Waals surface area contributed by atoms with E-state index in [2.05, 4.69) is 15.5 Å². The third-order valence-corrected chi connectivity index (χ3v) is 4.30. The molecule has 1 aliphatic carbocycles. The summed E-state index contributed by atoms with van der Waals surface area (Å²) in [5, 5.41) is 6.35. The topological polar surface area (TPSA) is 53.6 Å². The fraction of sp³-hybridized carbons (Fsp3) is 0.929. The summed E-state index contributed by atoms with van der Waals surface area (Å²) in [4.78, 5) is 14.1. The number of nitrogens with one attached hydrogen (secondary N) is 2. The number of hydrogen-bond donors (Lipinski definition) is 2. The zero-order valence-electron chi connectivity index (χ0n) is 11.6. The fourth-order valence-electron chi connectivity index (χ4n) is 3.00. The van der Waals surface area contributed by atoms with E-state index in [-0.39, 0.29) is 5.91 Å². The molecule has 1 saturated carbocycles. The molecule has 3 fully saturated rings. The van der Waals surface area contributed by atoms with Gasteiger partial charge in [-0.1, -0.05) is 0 Å². The van der Waals surface area contributed by atoms with Crippen LogP contribution in [0.4, 0.5) is 0 Å². The minimum absolute atomic E-state index is 0.180. The Morgan fingerprint density at radius 1 is 1.32 bits per heavy atom. The van der Waals surface area contributed by atoms with Gasteiger partial charge in [0.05, 0.1) is 12.7 Å². The molecule has 0 radical (unpaired) electrons. The molecule has 5 heteroatoms. The number of ether oxygens (including phenoxy) is 1. The molecule has 5 nitrogen and oxygen atoms in total. The second-order valence-corrected chi connectivity index (χ2v) is 6.04. The van der Waals surface area contributed by atoms with Crippen LogP contribution >= 0.6 is 0 Å². The van der Waals surface area contributed by atoms with Crippen LogP contribution in [-0.4, -0.2) is 61.8 Å². The largest absolute Gasteiger partial charge is 0.374 e. The number of rotatable bonds is 6. The highest BCUT2D eigenvalue weighted by molar-refractivity contribution is 5.76. The minimum Gasteiger partial charge on any atom is -0.374 e. The normalized spacial score (nSPS) is 31.2. The molecule has 0 aromatic heterocycles. The summed E-state index contributed by atoms with van der Waals surface area (Å²) < 4.78 is 5.87. The second-order valence-electron chi connectivity index (χ2n) is 6.04. The molecule has 2 N–H and O–H groups in total. The molecule has 2 saturated heterocycles. The maximum Gasteiger partial charge on any atom is 0.221 e. The van der Waals surface area contributed by atoms with Gasteiger partial charge in [0.25, 0.3) is 0 Å². The zero-order valence-corrected chi connectivity index (χ0v) is 11.6. The maximum atomic E-state index is 11.5. The van der Waals surface area contributed by atoms with Crippen LogP contribution in [0.1, 0.15) is 32.1 Å². The molecule has 3 aliphatic rings. The summed E-state index contributed by atoms with van der Waals surface area (Å²) >= 11 is 0. The van der Waals surface area contributed by atoms with E-state index in [4.69, 9.17) is 4.74 Å². The number of fused-ring (bicyclic) bond motifs is 1. The van der Waals surface area contributed by atoms with E-state index < -0.39 is 0 Å². The molecule has 3 rings (SSSR count). The number of nitrogens with zero attached hydrogens (tertiary/aromatic N) is 1. The van der Waals surface area contributed by atoms with Gasteiger partial charge in [-0.2, -0.15) is 0 Å². The molecule has 2 heterocycles. The molecule has 108 valence electrons. The maximum absolute atomic E-state index is 11.5. The molecular weight excluding hydrogens is 242 g/mol. The van der Waals surface area contributed by atoms with Crippen molar-refractivity contribution in [3.63, 3.8) is 0 Å². The van der Waals surface area contributed by atoms with E-state index in [1.165, 1.54) is 19.4 Å². The van der Waals surface area contributed by atoms with Gasteiger partial charge in [0.2, 0.25) is 5.91 Å². The molecular formula is C14H25N3O2. The predicted octanol–water partition coefficient (Wildman–Crippen LogP) is 0.108. The Labute approximate surface area is 115 Å². The van der Waals surface area contributed by atoms with Crippen LogP contribution in [0.25, 0.3) is 0 Å². The van der Waals surface area contributed by atoms with Gasteiger partial charge >= 0.3 is 0 Å². The van der Waals surface area contributed by atoms with E-state index in [1.807, 2.05) is 0 Å². The van der Waals surface area contributed by atoms with Crippen LogP contribution in [0.3, 0.4) is 0 Å².